The third-order valence-corrected chi connectivity index (χ3v) is 2.01. The fourth-order valence-electron chi connectivity index (χ4n) is 0.677. The van der Waals surface area contributed by atoms with Crippen molar-refractivity contribution < 1.29 is 9.84 Å². The summed E-state index contributed by atoms with van der Waals surface area (Å²) < 4.78 is 4.86. The average molecular weight is 159 g/mol. The lowest BCUT2D eigenvalue weighted by Crippen LogP contribution is -1.92. The minimum atomic E-state index is 0.0589. The Bertz CT molecular complexity index is 199. The van der Waals surface area contributed by atoms with E-state index < -0.39 is 0 Å². The first-order chi connectivity index (χ1) is 4.88. The zero-order valence-corrected chi connectivity index (χ0v) is 6.52. The van der Waals surface area contributed by atoms with E-state index in [0.29, 0.717) is 6.61 Å². The van der Waals surface area contributed by atoms with E-state index in [1.54, 1.807) is 12.6 Å². The third kappa shape index (κ3) is 1.53. The van der Waals surface area contributed by atoms with E-state index in [4.69, 9.17) is 9.84 Å². The quantitative estimate of drug-likeness (QED) is 0.708. The molecule has 0 spiro atoms. The Morgan fingerprint density at radius 1 is 1.80 bits per heavy atom. The number of hydrogen-bond donors (Lipinski definition) is 1. The highest BCUT2D eigenvalue weighted by Gasteiger charge is 2.02. The van der Waals surface area contributed by atoms with Crippen LogP contribution in [0.15, 0.2) is 5.51 Å². The van der Waals surface area contributed by atoms with Gasteiger partial charge in [0.05, 0.1) is 29.3 Å². The van der Waals surface area contributed by atoms with Crippen LogP contribution < -0.4 is 0 Å². The Kier molecular flexibility index (Phi) is 2.80. The van der Waals surface area contributed by atoms with Crippen molar-refractivity contribution in [3.05, 3.63) is 16.1 Å². The number of thiazole rings is 1. The van der Waals surface area contributed by atoms with Crippen molar-refractivity contribution >= 4 is 11.3 Å². The van der Waals surface area contributed by atoms with Crippen molar-refractivity contribution in [2.24, 2.45) is 0 Å². The van der Waals surface area contributed by atoms with Crippen LogP contribution in [-0.2, 0) is 18.0 Å². The first kappa shape index (κ1) is 7.65. The lowest BCUT2D eigenvalue weighted by Gasteiger charge is -1.95. The first-order valence-corrected chi connectivity index (χ1v) is 3.77. The van der Waals surface area contributed by atoms with Gasteiger partial charge in [-0.3, -0.25) is 0 Å². The Morgan fingerprint density at radius 3 is 3.20 bits per heavy atom. The van der Waals surface area contributed by atoms with Gasteiger partial charge in [-0.15, -0.1) is 11.3 Å². The summed E-state index contributed by atoms with van der Waals surface area (Å²) in [5.41, 5.74) is 2.55. The second-order valence-electron chi connectivity index (χ2n) is 1.81. The molecule has 0 unspecified atom stereocenters. The molecule has 56 valence electrons. The van der Waals surface area contributed by atoms with Crippen LogP contribution in [0.5, 0.6) is 0 Å². The minimum Gasteiger partial charge on any atom is -0.391 e. The molecule has 0 atom stereocenters. The monoisotopic (exact) mass is 159 g/mol. The topological polar surface area (TPSA) is 42.4 Å². The van der Waals surface area contributed by atoms with Gasteiger partial charge in [0.25, 0.3) is 0 Å². The molecule has 0 aliphatic heterocycles. The summed E-state index contributed by atoms with van der Waals surface area (Å²) in [6.45, 7) is 0.544. The highest BCUT2D eigenvalue weighted by atomic mass is 32.1. The van der Waals surface area contributed by atoms with Crippen molar-refractivity contribution in [3.8, 4) is 0 Å². The fraction of sp³-hybridized carbons (Fsp3) is 0.500. The molecule has 1 N–H and O–H groups in total. The van der Waals surface area contributed by atoms with E-state index in [9.17, 15) is 0 Å². The molecule has 10 heavy (non-hydrogen) atoms. The molecule has 0 radical (unpaired) electrons. The maximum Gasteiger partial charge on any atom is 0.0896 e. The second kappa shape index (κ2) is 3.65. The van der Waals surface area contributed by atoms with Crippen LogP contribution in [0.25, 0.3) is 0 Å². The highest BCUT2D eigenvalue weighted by Crippen LogP contribution is 2.13. The Labute approximate surface area is 63.3 Å². The standard InChI is InChI=1S/C6H9NO2S/c1-9-3-5-6(2-8)10-4-7-5/h4,8H,2-3H2,1H3. The summed E-state index contributed by atoms with van der Waals surface area (Å²) in [6, 6.07) is 0. The third-order valence-electron chi connectivity index (χ3n) is 1.15. The smallest absolute Gasteiger partial charge is 0.0896 e. The molecule has 1 heterocycles. The largest absolute Gasteiger partial charge is 0.391 e. The van der Waals surface area contributed by atoms with Crippen LogP contribution in [0.1, 0.15) is 10.6 Å². The number of aliphatic hydroxyl groups is 1. The zero-order valence-electron chi connectivity index (χ0n) is 5.70. The van der Waals surface area contributed by atoms with Gasteiger partial charge in [0.15, 0.2) is 0 Å². The summed E-state index contributed by atoms with van der Waals surface area (Å²) in [5, 5.41) is 8.75. The van der Waals surface area contributed by atoms with Crippen molar-refractivity contribution in [3.63, 3.8) is 0 Å². The zero-order chi connectivity index (χ0) is 7.40. The van der Waals surface area contributed by atoms with Gasteiger partial charge >= 0.3 is 0 Å². The predicted molar refractivity (Wildman–Crippen MR) is 38.7 cm³/mol. The van der Waals surface area contributed by atoms with Crippen LogP contribution in [0, 0.1) is 0 Å². The Balaban J connectivity index is 2.70. The molecule has 0 saturated carbocycles. The van der Waals surface area contributed by atoms with E-state index in [1.165, 1.54) is 11.3 Å². The molecule has 0 bridgehead atoms. The SMILES string of the molecule is COCc1ncsc1CO. The summed E-state index contributed by atoms with van der Waals surface area (Å²) in [5.74, 6) is 0. The predicted octanol–water partition coefficient (Wildman–Crippen LogP) is 0.782. The van der Waals surface area contributed by atoms with Crippen LogP contribution >= 0.6 is 11.3 Å². The van der Waals surface area contributed by atoms with E-state index >= 15 is 0 Å². The Morgan fingerprint density at radius 2 is 2.60 bits per heavy atom. The molecular weight excluding hydrogens is 150 g/mol. The van der Waals surface area contributed by atoms with Crippen molar-refractivity contribution in [2.75, 3.05) is 7.11 Å². The molecule has 0 aromatic carbocycles. The maximum atomic E-state index is 8.75. The first-order valence-electron chi connectivity index (χ1n) is 2.89. The molecule has 0 fully saturated rings. The summed E-state index contributed by atoms with van der Waals surface area (Å²) in [6.07, 6.45) is 0. The molecule has 0 aliphatic carbocycles. The Hall–Kier alpha value is -0.450. The van der Waals surface area contributed by atoms with Gasteiger partial charge in [0.2, 0.25) is 0 Å². The van der Waals surface area contributed by atoms with E-state index in [-0.39, 0.29) is 6.61 Å². The van der Waals surface area contributed by atoms with Gasteiger partial charge in [-0.05, 0) is 0 Å². The number of aromatic nitrogens is 1. The summed E-state index contributed by atoms with van der Waals surface area (Å²) in [7, 11) is 1.61. The van der Waals surface area contributed by atoms with Crippen LogP contribution in [0.4, 0.5) is 0 Å². The average Bonchev–Trinajstić information content (AvgIpc) is 2.36. The number of rotatable bonds is 3. The molecular formula is C6H9NO2S. The molecule has 0 amide bonds. The van der Waals surface area contributed by atoms with Crippen LogP contribution in [-0.4, -0.2) is 17.2 Å². The molecule has 0 aliphatic rings. The normalized spacial score (nSPS) is 10.2. The van der Waals surface area contributed by atoms with E-state index in [0.717, 1.165) is 10.6 Å². The molecule has 1 aromatic heterocycles. The van der Waals surface area contributed by atoms with E-state index in [2.05, 4.69) is 4.98 Å². The lowest BCUT2D eigenvalue weighted by molar-refractivity contribution is 0.179. The number of hydrogen-bond acceptors (Lipinski definition) is 4. The van der Waals surface area contributed by atoms with Crippen LogP contribution in [0.3, 0.4) is 0 Å². The van der Waals surface area contributed by atoms with Gasteiger partial charge in [-0.25, -0.2) is 4.98 Å². The van der Waals surface area contributed by atoms with Crippen LogP contribution in [0.2, 0.25) is 0 Å². The van der Waals surface area contributed by atoms with Gasteiger partial charge in [0, 0.05) is 7.11 Å². The van der Waals surface area contributed by atoms with Gasteiger partial charge in [-0.1, -0.05) is 0 Å². The lowest BCUT2D eigenvalue weighted by atomic mass is 10.4. The summed E-state index contributed by atoms with van der Waals surface area (Å²) in [4.78, 5) is 4.90. The molecule has 1 rings (SSSR count). The van der Waals surface area contributed by atoms with Gasteiger partial charge < -0.3 is 9.84 Å². The van der Waals surface area contributed by atoms with Gasteiger partial charge in [-0.2, -0.15) is 0 Å². The maximum absolute atomic E-state index is 8.75. The molecule has 4 heteroatoms. The van der Waals surface area contributed by atoms with Gasteiger partial charge in [0.1, 0.15) is 0 Å². The number of methoxy groups -OCH3 is 1. The number of aliphatic hydroxyl groups excluding tert-OH is 1. The molecule has 1 aromatic rings. The minimum absolute atomic E-state index is 0.0589. The van der Waals surface area contributed by atoms with Crippen molar-refractivity contribution in [1.29, 1.82) is 0 Å². The summed E-state index contributed by atoms with van der Waals surface area (Å²) >= 11 is 1.45. The van der Waals surface area contributed by atoms with Crippen molar-refractivity contribution in [1.82, 2.24) is 4.98 Å². The van der Waals surface area contributed by atoms with Crippen molar-refractivity contribution in [2.45, 2.75) is 13.2 Å². The highest BCUT2D eigenvalue weighted by molar-refractivity contribution is 7.09. The fourth-order valence-corrected chi connectivity index (χ4v) is 1.31. The second-order valence-corrected chi connectivity index (χ2v) is 2.75. The molecule has 0 saturated heterocycles. The number of nitrogens with zero attached hydrogens (tertiary/aromatic N) is 1. The number of ether oxygens (including phenoxy) is 1. The van der Waals surface area contributed by atoms with E-state index in [1.807, 2.05) is 0 Å². The molecule has 3 nitrogen and oxygen atoms in total.